The monoisotopic (exact) mass is 251 g/mol. The minimum atomic E-state index is 0.688. The molecule has 0 aliphatic carbocycles. The van der Waals surface area contributed by atoms with Gasteiger partial charge < -0.3 is 4.42 Å². The molecule has 72 valence electrons. The molecule has 0 aliphatic rings. The van der Waals surface area contributed by atoms with E-state index in [1.54, 1.807) is 6.20 Å². The Hall–Kier alpha value is -1.09. The molecule has 1 heterocycles. The van der Waals surface area contributed by atoms with Gasteiger partial charge in [0.1, 0.15) is 5.76 Å². The summed E-state index contributed by atoms with van der Waals surface area (Å²) >= 11 is 3.42. The predicted molar refractivity (Wildman–Crippen MR) is 59.1 cm³/mol. The van der Waals surface area contributed by atoms with Crippen LogP contribution in [0.3, 0.4) is 0 Å². The van der Waals surface area contributed by atoms with Gasteiger partial charge in [0, 0.05) is 10.0 Å². The van der Waals surface area contributed by atoms with Crippen molar-refractivity contribution < 1.29 is 4.42 Å². The molecule has 0 spiro atoms. The summed E-state index contributed by atoms with van der Waals surface area (Å²) in [5.74, 6) is 1.52. The molecule has 0 saturated carbocycles. The van der Waals surface area contributed by atoms with Crippen molar-refractivity contribution in [1.29, 1.82) is 0 Å². The zero-order valence-electron chi connectivity index (χ0n) is 8.04. The second-order valence-corrected chi connectivity index (χ2v) is 4.15. The van der Waals surface area contributed by atoms with Crippen LogP contribution in [0.2, 0.25) is 0 Å². The highest BCUT2D eigenvalue weighted by Crippen LogP contribution is 2.25. The van der Waals surface area contributed by atoms with E-state index in [0.717, 1.165) is 21.4 Å². The lowest BCUT2D eigenvalue weighted by Crippen LogP contribution is -1.82. The van der Waals surface area contributed by atoms with Crippen LogP contribution in [0.4, 0.5) is 0 Å². The van der Waals surface area contributed by atoms with Crippen LogP contribution in [0, 0.1) is 13.8 Å². The van der Waals surface area contributed by atoms with Crippen LogP contribution in [0.1, 0.15) is 11.3 Å². The number of hydrogen-bond donors (Lipinski definition) is 0. The Kier molecular flexibility index (Phi) is 2.42. The largest absolute Gasteiger partial charge is 0.441 e. The quantitative estimate of drug-likeness (QED) is 0.773. The summed E-state index contributed by atoms with van der Waals surface area (Å²) in [7, 11) is 0. The molecule has 1 aromatic carbocycles. The zero-order chi connectivity index (χ0) is 10.1. The third-order valence-corrected chi connectivity index (χ3v) is 2.53. The number of hydrogen-bond acceptors (Lipinski definition) is 2. The van der Waals surface area contributed by atoms with Crippen molar-refractivity contribution in [3.8, 4) is 11.5 Å². The van der Waals surface area contributed by atoms with Crippen molar-refractivity contribution in [2.45, 2.75) is 13.8 Å². The van der Waals surface area contributed by atoms with Crippen LogP contribution >= 0.6 is 15.9 Å². The number of nitrogens with zero attached hydrogens (tertiary/aromatic N) is 1. The fraction of sp³-hybridized carbons (Fsp3) is 0.182. The van der Waals surface area contributed by atoms with Gasteiger partial charge in [0.05, 0.1) is 6.20 Å². The lowest BCUT2D eigenvalue weighted by Gasteiger charge is -2.01. The van der Waals surface area contributed by atoms with Crippen molar-refractivity contribution >= 4 is 15.9 Å². The molecule has 0 N–H and O–H groups in total. The topological polar surface area (TPSA) is 26.0 Å². The van der Waals surface area contributed by atoms with Crippen LogP contribution in [0.5, 0.6) is 0 Å². The Balaban J connectivity index is 2.52. The number of benzene rings is 1. The summed E-state index contributed by atoms with van der Waals surface area (Å²) in [6, 6.07) is 6.04. The van der Waals surface area contributed by atoms with Crippen molar-refractivity contribution in [3.05, 3.63) is 40.2 Å². The predicted octanol–water partition coefficient (Wildman–Crippen LogP) is 3.72. The minimum absolute atomic E-state index is 0.688. The van der Waals surface area contributed by atoms with Gasteiger partial charge in [-0.15, -0.1) is 0 Å². The molecular formula is C11H10BrNO. The summed E-state index contributed by atoms with van der Waals surface area (Å²) in [4.78, 5) is 4.19. The second-order valence-electron chi connectivity index (χ2n) is 3.24. The number of aryl methyl sites for hydroxylation is 2. The smallest absolute Gasteiger partial charge is 0.226 e. The second kappa shape index (κ2) is 3.58. The highest BCUT2D eigenvalue weighted by atomic mass is 79.9. The Labute approximate surface area is 91.1 Å². The van der Waals surface area contributed by atoms with Crippen LogP contribution < -0.4 is 0 Å². The third kappa shape index (κ3) is 1.73. The fourth-order valence-corrected chi connectivity index (χ4v) is 1.82. The molecular weight excluding hydrogens is 242 g/mol. The van der Waals surface area contributed by atoms with Crippen LogP contribution in [0.15, 0.2) is 33.3 Å². The molecule has 2 nitrogen and oxygen atoms in total. The van der Waals surface area contributed by atoms with Gasteiger partial charge in [0.25, 0.3) is 0 Å². The van der Waals surface area contributed by atoms with Crippen molar-refractivity contribution in [2.75, 3.05) is 0 Å². The molecule has 0 bridgehead atoms. The van der Waals surface area contributed by atoms with E-state index in [-0.39, 0.29) is 0 Å². The Morgan fingerprint density at radius 1 is 1.29 bits per heavy atom. The average Bonchev–Trinajstić information content (AvgIpc) is 2.51. The molecule has 0 atom stereocenters. The van der Waals surface area contributed by atoms with Gasteiger partial charge >= 0.3 is 0 Å². The van der Waals surface area contributed by atoms with E-state index in [2.05, 4.69) is 27.0 Å². The first-order chi connectivity index (χ1) is 6.66. The molecule has 0 aliphatic heterocycles. The van der Waals surface area contributed by atoms with E-state index in [1.807, 2.05) is 26.0 Å². The molecule has 1 aromatic heterocycles. The van der Waals surface area contributed by atoms with Gasteiger partial charge in [-0.1, -0.05) is 15.9 Å². The fourth-order valence-electron chi connectivity index (χ4n) is 1.35. The van der Waals surface area contributed by atoms with Gasteiger partial charge in [-0.05, 0) is 37.6 Å². The maximum atomic E-state index is 5.46. The van der Waals surface area contributed by atoms with Gasteiger partial charge in [-0.2, -0.15) is 0 Å². The Morgan fingerprint density at radius 3 is 2.64 bits per heavy atom. The molecule has 0 radical (unpaired) electrons. The van der Waals surface area contributed by atoms with Gasteiger partial charge in [-0.3, -0.25) is 0 Å². The zero-order valence-corrected chi connectivity index (χ0v) is 9.63. The number of aromatic nitrogens is 1. The van der Waals surface area contributed by atoms with Crippen molar-refractivity contribution in [1.82, 2.24) is 4.98 Å². The molecule has 14 heavy (non-hydrogen) atoms. The number of oxazole rings is 1. The van der Waals surface area contributed by atoms with Gasteiger partial charge in [-0.25, -0.2) is 4.98 Å². The molecule has 3 heteroatoms. The van der Waals surface area contributed by atoms with E-state index in [1.165, 1.54) is 0 Å². The van der Waals surface area contributed by atoms with Crippen LogP contribution in [0.25, 0.3) is 11.5 Å². The number of halogens is 1. The van der Waals surface area contributed by atoms with E-state index in [9.17, 15) is 0 Å². The number of rotatable bonds is 1. The lowest BCUT2D eigenvalue weighted by atomic mass is 10.1. The highest BCUT2D eigenvalue weighted by molar-refractivity contribution is 9.10. The van der Waals surface area contributed by atoms with E-state index < -0.39 is 0 Å². The standard InChI is InChI=1S/C11H10BrNO/c1-7-5-9(12)3-4-10(7)11-13-6-8(2)14-11/h3-6H,1-2H3. The van der Waals surface area contributed by atoms with Gasteiger partial charge in [0.15, 0.2) is 0 Å². The van der Waals surface area contributed by atoms with Gasteiger partial charge in [0.2, 0.25) is 5.89 Å². The summed E-state index contributed by atoms with van der Waals surface area (Å²) in [5, 5.41) is 0. The molecule has 0 amide bonds. The first kappa shape index (κ1) is 9.46. The first-order valence-corrected chi connectivity index (χ1v) is 5.15. The van der Waals surface area contributed by atoms with Crippen molar-refractivity contribution in [3.63, 3.8) is 0 Å². The van der Waals surface area contributed by atoms with E-state index >= 15 is 0 Å². The maximum Gasteiger partial charge on any atom is 0.226 e. The molecule has 0 saturated heterocycles. The normalized spacial score (nSPS) is 10.5. The third-order valence-electron chi connectivity index (χ3n) is 2.04. The average molecular weight is 252 g/mol. The molecule has 2 rings (SSSR count). The molecule has 0 unspecified atom stereocenters. The van der Waals surface area contributed by atoms with Crippen molar-refractivity contribution in [2.24, 2.45) is 0 Å². The maximum absolute atomic E-state index is 5.46. The molecule has 0 fully saturated rings. The Morgan fingerprint density at radius 2 is 2.07 bits per heavy atom. The summed E-state index contributed by atoms with van der Waals surface area (Å²) in [6.45, 7) is 3.93. The first-order valence-electron chi connectivity index (χ1n) is 4.36. The summed E-state index contributed by atoms with van der Waals surface area (Å²) in [6.07, 6.45) is 1.73. The van der Waals surface area contributed by atoms with E-state index in [4.69, 9.17) is 4.42 Å². The highest BCUT2D eigenvalue weighted by Gasteiger charge is 2.07. The summed E-state index contributed by atoms with van der Waals surface area (Å²) < 4.78 is 6.54. The van der Waals surface area contributed by atoms with Crippen LogP contribution in [-0.4, -0.2) is 4.98 Å². The summed E-state index contributed by atoms with van der Waals surface area (Å²) in [5.41, 5.74) is 2.20. The van der Waals surface area contributed by atoms with E-state index in [0.29, 0.717) is 5.89 Å². The lowest BCUT2D eigenvalue weighted by molar-refractivity contribution is 0.542. The Bertz CT molecular complexity index is 462. The van der Waals surface area contributed by atoms with Crippen LogP contribution in [-0.2, 0) is 0 Å². The SMILES string of the molecule is Cc1cnc(-c2ccc(Br)cc2C)o1. The minimum Gasteiger partial charge on any atom is -0.441 e. The molecule has 2 aromatic rings.